The van der Waals surface area contributed by atoms with Crippen LogP contribution in [0.15, 0.2) is 0 Å². The van der Waals surface area contributed by atoms with Crippen molar-refractivity contribution < 1.29 is 9.53 Å². The summed E-state index contributed by atoms with van der Waals surface area (Å²) in [7, 11) is 0. The number of rotatable bonds is 5. The van der Waals surface area contributed by atoms with E-state index in [1.54, 1.807) is 0 Å². The summed E-state index contributed by atoms with van der Waals surface area (Å²) in [5.41, 5.74) is 5.20. The number of epoxide rings is 1. The maximum atomic E-state index is 10.8. The smallest absolute Gasteiger partial charge is 0.134 e. The van der Waals surface area contributed by atoms with Gasteiger partial charge in [0.2, 0.25) is 0 Å². The van der Waals surface area contributed by atoms with Crippen molar-refractivity contribution in [2.45, 2.75) is 25.4 Å². The Balaban J connectivity index is 1.94. The Morgan fingerprint density at radius 3 is 2.80 bits per heavy atom. The van der Waals surface area contributed by atoms with Gasteiger partial charge in [0.05, 0.1) is 12.7 Å². The van der Waals surface area contributed by atoms with Crippen LogP contribution < -0.4 is 5.73 Å². The SMILES string of the molecule is NCCC(=O)CCC1CO1. The van der Waals surface area contributed by atoms with Gasteiger partial charge in [0.15, 0.2) is 0 Å². The average Bonchev–Trinajstić information content (AvgIpc) is 2.67. The first-order chi connectivity index (χ1) is 4.83. The molecule has 2 N–H and O–H groups in total. The van der Waals surface area contributed by atoms with Gasteiger partial charge in [-0.25, -0.2) is 0 Å². The minimum Gasteiger partial charge on any atom is -0.373 e. The summed E-state index contributed by atoms with van der Waals surface area (Å²) in [5, 5.41) is 0. The highest BCUT2D eigenvalue weighted by atomic mass is 16.6. The number of ether oxygens (including phenoxy) is 1. The summed E-state index contributed by atoms with van der Waals surface area (Å²) < 4.78 is 4.95. The second kappa shape index (κ2) is 3.68. The van der Waals surface area contributed by atoms with Gasteiger partial charge in [0.1, 0.15) is 5.78 Å². The third-order valence-electron chi connectivity index (χ3n) is 1.57. The molecule has 1 rings (SSSR count). The zero-order valence-corrected chi connectivity index (χ0v) is 6.01. The lowest BCUT2D eigenvalue weighted by molar-refractivity contribution is -0.119. The van der Waals surface area contributed by atoms with Crippen molar-refractivity contribution in [2.24, 2.45) is 5.73 Å². The van der Waals surface area contributed by atoms with Crippen molar-refractivity contribution in [1.29, 1.82) is 0 Å². The van der Waals surface area contributed by atoms with E-state index in [1.165, 1.54) is 0 Å². The fraction of sp³-hybridized carbons (Fsp3) is 0.857. The Kier molecular flexibility index (Phi) is 2.83. The van der Waals surface area contributed by atoms with Gasteiger partial charge in [0.25, 0.3) is 0 Å². The Bertz CT molecular complexity index is 121. The van der Waals surface area contributed by atoms with Crippen LogP contribution in [0.3, 0.4) is 0 Å². The maximum absolute atomic E-state index is 10.8. The first kappa shape index (κ1) is 7.69. The standard InChI is InChI=1S/C7H13NO2/c8-4-3-6(9)1-2-7-5-10-7/h7H,1-5,8H2. The maximum Gasteiger partial charge on any atom is 0.134 e. The highest BCUT2D eigenvalue weighted by Gasteiger charge is 2.22. The van der Waals surface area contributed by atoms with E-state index >= 15 is 0 Å². The van der Waals surface area contributed by atoms with Gasteiger partial charge < -0.3 is 10.5 Å². The van der Waals surface area contributed by atoms with Crippen LogP contribution in [0.1, 0.15) is 19.3 Å². The molecule has 1 unspecified atom stereocenters. The van der Waals surface area contributed by atoms with Crippen LogP contribution in [0, 0.1) is 0 Å². The van der Waals surface area contributed by atoms with Crippen LogP contribution in [0.4, 0.5) is 0 Å². The number of carbonyl (C=O) groups excluding carboxylic acids is 1. The molecule has 0 amide bonds. The van der Waals surface area contributed by atoms with Crippen LogP contribution >= 0.6 is 0 Å². The van der Waals surface area contributed by atoms with Gasteiger partial charge in [-0.2, -0.15) is 0 Å². The number of nitrogens with two attached hydrogens (primary N) is 1. The molecule has 0 bridgehead atoms. The molecule has 0 aromatic rings. The van der Waals surface area contributed by atoms with E-state index in [1.807, 2.05) is 0 Å². The van der Waals surface area contributed by atoms with E-state index in [2.05, 4.69) is 0 Å². The Morgan fingerprint density at radius 1 is 1.60 bits per heavy atom. The fourth-order valence-corrected chi connectivity index (χ4v) is 0.843. The molecule has 1 fully saturated rings. The zero-order chi connectivity index (χ0) is 7.40. The van der Waals surface area contributed by atoms with Gasteiger partial charge in [-0.1, -0.05) is 0 Å². The van der Waals surface area contributed by atoms with Crippen LogP contribution in [0.2, 0.25) is 0 Å². The number of hydrogen-bond acceptors (Lipinski definition) is 3. The number of hydrogen-bond donors (Lipinski definition) is 1. The molecule has 1 heterocycles. The van der Waals surface area contributed by atoms with E-state index in [-0.39, 0.29) is 5.78 Å². The van der Waals surface area contributed by atoms with Crippen molar-refractivity contribution in [3.05, 3.63) is 0 Å². The summed E-state index contributed by atoms with van der Waals surface area (Å²) >= 11 is 0. The van der Waals surface area contributed by atoms with Gasteiger partial charge >= 0.3 is 0 Å². The van der Waals surface area contributed by atoms with Crippen molar-refractivity contribution in [3.8, 4) is 0 Å². The molecule has 3 nitrogen and oxygen atoms in total. The van der Waals surface area contributed by atoms with Crippen LogP contribution in [-0.4, -0.2) is 25.0 Å². The summed E-state index contributed by atoms with van der Waals surface area (Å²) in [6.07, 6.45) is 2.43. The normalized spacial score (nSPS) is 22.7. The van der Waals surface area contributed by atoms with Crippen molar-refractivity contribution in [2.75, 3.05) is 13.2 Å². The van der Waals surface area contributed by atoms with E-state index in [4.69, 9.17) is 10.5 Å². The summed E-state index contributed by atoms with van der Waals surface area (Å²) in [4.78, 5) is 10.8. The molecular formula is C7H13NO2. The molecule has 1 aliphatic rings. The van der Waals surface area contributed by atoms with Crippen molar-refractivity contribution in [1.82, 2.24) is 0 Å². The minimum absolute atomic E-state index is 0.262. The van der Waals surface area contributed by atoms with Gasteiger partial charge in [-0.15, -0.1) is 0 Å². The predicted octanol–water partition coefficient (Wildman–Crippen LogP) is 0.0833. The summed E-state index contributed by atoms with van der Waals surface area (Å²) in [6, 6.07) is 0. The van der Waals surface area contributed by atoms with Gasteiger partial charge in [-0.3, -0.25) is 4.79 Å². The summed E-state index contributed by atoms with van der Waals surface area (Å²) in [6.45, 7) is 1.32. The van der Waals surface area contributed by atoms with E-state index in [0.717, 1.165) is 13.0 Å². The molecule has 3 heteroatoms. The number of carbonyl (C=O) groups is 1. The molecule has 58 valence electrons. The quantitative estimate of drug-likeness (QED) is 0.554. The second-order valence-electron chi connectivity index (χ2n) is 2.57. The fourth-order valence-electron chi connectivity index (χ4n) is 0.843. The van der Waals surface area contributed by atoms with Crippen LogP contribution in [-0.2, 0) is 9.53 Å². The monoisotopic (exact) mass is 143 g/mol. The number of Topliss-reactive ketones (excluding diaryl/α,β-unsaturated/α-hetero) is 1. The summed E-state index contributed by atoms with van der Waals surface area (Å²) in [5.74, 6) is 0.262. The molecule has 1 aliphatic heterocycles. The average molecular weight is 143 g/mol. The zero-order valence-electron chi connectivity index (χ0n) is 6.01. The highest BCUT2D eigenvalue weighted by molar-refractivity contribution is 5.78. The molecule has 1 atom stereocenters. The highest BCUT2D eigenvalue weighted by Crippen LogP contribution is 2.15. The molecule has 0 spiro atoms. The third kappa shape index (κ3) is 2.94. The van der Waals surface area contributed by atoms with Crippen molar-refractivity contribution in [3.63, 3.8) is 0 Å². The van der Waals surface area contributed by atoms with Gasteiger partial charge in [-0.05, 0) is 13.0 Å². The Labute approximate surface area is 60.5 Å². The molecule has 0 saturated carbocycles. The first-order valence-corrected chi connectivity index (χ1v) is 3.66. The van der Waals surface area contributed by atoms with Gasteiger partial charge in [0, 0.05) is 12.8 Å². The predicted molar refractivity (Wildman–Crippen MR) is 37.7 cm³/mol. The lowest BCUT2D eigenvalue weighted by Crippen LogP contribution is -2.08. The molecule has 0 aromatic carbocycles. The van der Waals surface area contributed by atoms with Crippen LogP contribution in [0.25, 0.3) is 0 Å². The number of ketones is 1. The lowest BCUT2D eigenvalue weighted by Gasteiger charge is -1.94. The molecular weight excluding hydrogens is 130 g/mol. The topological polar surface area (TPSA) is 55.6 Å². The largest absolute Gasteiger partial charge is 0.373 e. The van der Waals surface area contributed by atoms with Crippen molar-refractivity contribution >= 4 is 5.78 Å². The van der Waals surface area contributed by atoms with E-state index in [9.17, 15) is 4.79 Å². The Hall–Kier alpha value is -0.410. The molecule has 10 heavy (non-hydrogen) atoms. The van der Waals surface area contributed by atoms with E-state index in [0.29, 0.717) is 25.5 Å². The second-order valence-corrected chi connectivity index (χ2v) is 2.57. The molecule has 0 aromatic heterocycles. The molecule has 0 aliphatic carbocycles. The third-order valence-corrected chi connectivity index (χ3v) is 1.57. The molecule has 1 saturated heterocycles. The minimum atomic E-state index is 0.262. The molecule has 0 radical (unpaired) electrons. The van der Waals surface area contributed by atoms with Crippen LogP contribution in [0.5, 0.6) is 0 Å². The lowest BCUT2D eigenvalue weighted by atomic mass is 10.1. The first-order valence-electron chi connectivity index (χ1n) is 3.66. The Morgan fingerprint density at radius 2 is 2.30 bits per heavy atom. The van der Waals surface area contributed by atoms with E-state index < -0.39 is 0 Å².